The van der Waals surface area contributed by atoms with E-state index in [-0.39, 0.29) is 25.6 Å². The van der Waals surface area contributed by atoms with Gasteiger partial charge >= 0.3 is 11.9 Å². The van der Waals surface area contributed by atoms with E-state index in [1.54, 1.807) is 30.5 Å². The number of benzene rings is 2. The molecule has 0 saturated carbocycles. The number of ether oxygens (including phenoxy) is 2. The minimum Gasteiger partial charge on any atom is -0.464 e. The van der Waals surface area contributed by atoms with Crippen LogP contribution < -0.4 is 0 Å². The van der Waals surface area contributed by atoms with Crippen molar-refractivity contribution in [2.45, 2.75) is 20.3 Å². The molecule has 5 heteroatoms. The molecule has 3 aromatic rings. The first-order chi connectivity index (χ1) is 12.5. The highest BCUT2D eigenvalue weighted by Crippen LogP contribution is 2.25. The smallest absolute Gasteiger partial charge is 0.338 e. The van der Waals surface area contributed by atoms with Gasteiger partial charge in [0.15, 0.2) is 0 Å². The molecule has 0 amide bonds. The van der Waals surface area contributed by atoms with Gasteiger partial charge in [0.2, 0.25) is 0 Å². The zero-order valence-corrected chi connectivity index (χ0v) is 14.8. The van der Waals surface area contributed by atoms with Crippen molar-refractivity contribution in [1.82, 2.24) is 0 Å². The number of rotatable bonds is 6. The van der Waals surface area contributed by atoms with Gasteiger partial charge < -0.3 is 13.9 Å². The van der Waals surface area contributed by atoms with Crippen LogP contribution in [0.3, 0.4) is 0 Å². The van der Waals surface area contributed by atoms with Crippen LogP contribution in [0, 0.1) is 13.8 Å². The summed E-state index contributed by atoms with van der Waals surface area (Å²) in [5.41, 5.74) is 4.29. The van der Waals surface area contributed by atoms with Crippen LogP contribution in [0.1, 0.15) is 27.0 Å². The van der Waals surface area contributed by atoms with Crippen LogP contribution in [0.4, 0.5) is 0 Å². The van der Waals surface area contributed by atoms with Gasteiger partial charge in [0.1, 0.15) is 18.8 Å². The molecule has 0 aliphatic rings. The first-order valence-electron chi connectivity index (χ1n) is 8.39. The molecule has 26 heavy (non-hydrogen) atoms. The summed E-state index contributed by atoms with van der Waals surface area (Å²) in [7, 11) is 0. The first-order valence-corrected chi connectivity index (χ1v) is 8.39. The van der Waals surface area contributed by atoms with Gasteiger partial charge in [0, 0.05) is 10.9 Å². The monoisotopic (exact) mass is 352 g/mol. The fourth-order valence-corrected chi connectivity index (χ4v) is 2.63. The molecule has 3 rings (SSSR count). The molecule has 0 saturated heterocycles. The van der Waals surface area contributed by atoms with Crippen molar-refractivity contribution in [2.24, 2.45) is 0 Å². The van der Waals surface area contributed by atoms with Crippen LogP contribution in [-0.2, 0) is 20.7 Å². The van der Waals surface area contributed by atoms with Gasteiger partial charge in [-0.1, -0.05) is 18.2 Å². The van der Waals surface area contributed by atoms with Crippen molar-refractivity contribution >= 4 is 22.9 Å². The molecule has 0 aliphatic carbocycles. The average Bonchev–Trinajstić information content (AvgIpc) is 3.01. The van der Waals surface area contributed by atoms with Crippen molar-refractivity contribution in [3.8, 4) is 0 Å². The second kappa shape index (κ2) is 7.87. The summed E-state index contributed by atoms with van der Waals surface area (Å²) in [6.07, 6.45) is 1.70. The molecule has 134 valence electrons. The van der Waals surface area contributed by atoms with E-state index in [1.807, 2.05) is 32.0 Å². The second-order valence-corrected chi connectivity index (χ2v) is 6.09. The quantitative estimate of drug-likeness (QED) is 0.496. The molecular formula is C21H20O5. The van der Waals surface area contributed by atoms with Gasteiger partial charge in [-0.25, -0.2) is 4.79 Å². The number of furan rings is 1. The molecule has 0 N–H and O–H groups in total. The van der Waals surface area contributed by atoms with Crippen LogP contribution >= 0.6 is 0 Å². The SMILES string of the molecule is Cc1cc2occ(CC(=O)OCCOC(=O)c3ccccc3)c2cc1C. The van der Waals surface area contributed by atoms with E-state index >= 15 is 0 Å². The Morgan fingerprint density at radius 2 is 1.65 bits per heavy atom. The van der Waals surface area contributed by atoms with Gasteiger partial charge in [0.05, 0.1) is 18.2 Å². The molecule has 0 aliphatic heterocycles. The number of carbonyl (C=O) groups excluding carboxylic acids is 2. The Kier molecular flexibility index (Phi) is 5.37. The highest BCUT2D eigenvalue weighted by molar-refractivity contribution is 5.89. The highest BCUT2D eigenvalue weighted by Gasteiger charge is 2.13. The number of fused-ring (bicyclic) bond motifs is 1. The van der Waals surface area contributed by atoms with Gasteiger partial charge in [-0.05, 0) is 49.2 Å². The minimum absolute atomic E-state index is 0.0178. The maximum Gasteiger partial charge on any atom is 0.338 e. The van der Waals surface area contributed by atoms with E-state index in [4.69, 9.17) is 13.9 Å². The van der Waals surface area contributed by atoms with E-state index < -0.39 is 5.97 Å². The average molecular weight is 352 g/mol. The molecule has 1 heterocycles. The summed E-state index contributed by atoms with van der Waals surface area (Å²) < 4.78 is 15.7. The van der Waals surface area contributed by atoms with Gasteiger partial charge in [0.25, 0.3) is 0 Å². The van der Waals surface area contributed by atoms with Crippen LogP contribution in [0.25, 0.3) is 11.0 Å². The number of hydrogen-bond acceptors (Lipinski definition) is 5. The van der Waals surface area contributed by atoms with Crippen molar-refractivity contribution in [1.29, 1.82) is 0 Å². The molecular weight excluding hydrogens is 332 g/mol. The zero-order chi connectivity index (χ0) is 18.5. The molecule has 0 spiro atoms. The topological polar surface area (TPSA) is 65.7 Å². The Balaban J connectivity index is 1.49. The largest absolute Gasteiger partial charge is 0.464 e. The molecule has 2 aromatic carbocycles. The number of carbonyl (C=O) groups is 2. The summed E-state index contributed by atoms with van der Waals surface area (Å²) in [5.74, 6) is -0.824. The van der Waals surface area contributed by atoms with Gasteiger partial charge in [-0.3, -0.25) is 4.79 Å². The minimum atomic E-state index is -0.437. The number of hydrogen-bond donors (Lipinski definition) is 0. The Bertz CT molecular complexity index is 924. The molecule has 0 unspecified atom stereocenters. The lowest BCUT2D eigenvalue weighted by atomic mass is 10.0. The molecule has 0 bridgehead atoms. The maximum atomic E-state index is 12.0. The third-order valence-electron chi connectivity index (χ3n) is 4.19. The van der Waals surface area contributed by atoms with Crippen molar-refractivity contribution in [3.63, 3.8) is 0 Å². The highest BCUT2D eigenvalue weighted by atomic mass is 16.6. The van der Waals surface area contributed by atoms with Gasteiger partial charge in [-0.15, -0.1) is 0 Å². The van der Waals surface area contributed by atoms with E-state index in [1.165, 1.54) is 0 Å². The second-order valence-electron chi connectivity index (χ2n) is 6.09. The van der Waals surface area contributed by atoms with E-state index in [9.17, 15) is 9.59 Å². The third-order valence-corrected chi connectivity index (χ3v) is 4.19. The fourth-order valence-electron chi connectivity index (χ4n) is 2.63. The summed E-state index contributed by atoms with van der Waals surface area (Å²) in [6.45, 7) is 4.07. The molecule has 0 radical (unpaired) electrons. The number of aryl methyl sites for hydroxylation is 2. The van der Waals surface area contributed by atoms with Crippen molar-refractivity contribution in [2.75, 3.05) is 13.2 Å². The molecule has 5 nitrogen and oxygen atoms in total. The van der Waals surface area contributed by atoms with Crippen LogP contribution in [-0.4, -0.2) is 25.2 Å². The fraction of sp³-hybridized carbons (Fsp3) is 0.238. The predicted octanol–water partition coefficient (Wildman–Crippen LogP) is 3.99. The normalized spacial score (nSPS) is 10.7. The summed E-state index contributed by atoms with van der Waals surface area (Å²) >= 11 is 0. The molecule has 1 aromatic heterocycles. The van der Waals surface area contributed by atoms with Crippen LogP contribution in [0.5, 0.6) is 0 Å². The third kappa shape index (κ3) is 4.11. The predicted molar refractivity (Wildman–Crippen MR) is 97.1 cm³/mol. The Hall–Kier alpha value is -3.08. The van der Waals surface area contributed by atoms with E-state index in [0.29, 0.717) is 5.56 Å². The Labute approximate surface area is 151 Å². The van der Waals surface area contributed by atoms with E-state index in [0.717, 1.165) is 27.7 Å². The van der Waals surface area contributed by atoms with E-state index in [2.05, 4.69) is 0 Å². The summed E-state index contributed by atoms with van der Waals surface area (Å²) in [6, 6.07) is 12.6. The Morgan fingerprint density at radius 3 is 2.42 bits per heavy atom. The summed E-state index contributed by atoms with van der Waals surface area (Å²) in [5, 5.41) is 0.917. The van der Waals surface area contributed by atoms with Crippen LogP contribution in [0.2, 0.25) is 0 Å². The zero-order valence-electron chi connectivity index (χ0n) is 14.8. The lowest BCUT2D eigenvalue weighted by Gasteiger charge is -2.06. The standard InChI is InChI=1S/C21H20O5/c1-14-10-18-17(13-26-19(18)11-15(14)2)12-20(22)24-8-9-25-21(23)16-6-4-3-5-7-16/h3-7,10-11,13H,8-9,12H2,1-2H3. The Morgan fingerprint density at radius 1 is 0.962 bits per heavy atom. The number of esters is 2. The van der Waals surface area contributed by atoms with Gasteiger partial charge in [-0.2, -0.15) is 0 Å². The lowest BCUT2D eigenvalue weighted by molar-refractivity contribution is -0.143. The van der Waals surface area contributed by atoms with Crippen molar-refractivity contribution in [3.05, 3.63) is 71.0 Å². The molecule has 0 fully saturated rings. The summed E-state index contributed by atoms with van der Waals surface area (Å²) in [4.78, 5) is 23.8. The van der Waals surface area contributed by atoms with Crippen LogP contribution in [0.15, 0.2) is 53.1 Å². The van der Waals surface area contributed by atoms with Crippen molar-refractivity contribution < 1.29 is 23.5 Å². The maximum absolute atomic E-state index is 12.0. The molecule has 0 atom stereocenters. The first kappa shape index (κ1) is 17.7. The lowest BCUT2D eigenvalue weighted by Crippen LogP contribution is -2.15.